The van der Waals surface area contributed by atoms with Gasteiger partial charge in [0.05, 0.1) is 18.2 Å². The number of carbonyl (C=O) groups is 2. The number of aliphatic hydroxyl groups is 1. The number of ether oxygens (including phenoxy) is 1. The highest BCUT2D eigenvalue weighted by atomic mass is 16.5. The molecule has 0 spiro atoms. The molecule has 19 heavy (non-hydrogen) atoms. The van der Waals surface area contributed by atoms with Crippen LogP contribution in [0.15, 0.2) is 0 Å². The summed E-state index contributed by atoms with van der Waals surface area (Å²) >= 11 is 0. The van der Waals surface area contributed by atoms with Crippen molar-refractivity contribution in [1.29, 1.82) is 0 Å². The van der Waals surface area contributed by atoms with Gasteiger partial charge in [0.2, 0.25) is 0 Å². The molecular formula is C12H20N2O5. The zero-order valence-corrected chi connectivity index (χ0v) is 11.0. The number of hydrogen-bond donors (Lipinski definition) is 3. The predicted octanol–water partition coefficient (Wildman–Crippen LogP) is -0.215. The number of carboxylic acid groups (broad SMARTS) is 1. The molecular weight excluding hydrogens is 252 g/mol. The highest BCUT2D eigenvalue weighted by Crippen LogP contribution is 2.22. The first-order valence-electron chi connectivity index (χ1n) is 6.49. The van der Waals surface area contributed by atoms with Gasteiger partial charge in [-0.05, 0) is 19.8 Å². The van der Waals surface area contributed by atoms with Gasteiger partial charge in [-0.3, -0.25) is 0 Å². The minimum atomic E-state index is -1.09. The summed E-state index contributed by atoms with van der Waals surface area (Å²) in [7, 11) is 0. The van der Waals surface area contributed by atoms with E-state index in [-0.39, 0.29) is 13.0 Å². The number of carboxylic acids is 1. The summed E-state index contributed by atoms with van der Waals surface area (Å²) in [5.74, 6) is -1.09. The molecule has 0 saturated carbocycles. The maximum atomic E-state index is 12.2. The number of aliphatic hydroxyl groups excluding tert-OH is 1. The number of rotatable bonds is 2. The van der Waals surface area contributed by atoms with E-state index < -0.39 is 29.7 Å². The van der Waals surface area contributed by atoms with Gasteiger partial charge in [-0.1, -0.05) is 0 Å². The van der Waals surface area contributed by atoms with Crippen LogP contribution in [0.25, 0.3) is 0 Å². The minimum Gasteiger partial charge on any atom is -0.480 e. The van der Waals surface area contributed by atoms with Gasteiger partial charge >= 0.3 is 12.0 Å². The summed E-state index contributed by atoms with van der Waals surface area (Å²) in [5.41, 5.74) is -0.466. The molecule has 2 fully saturated rings. The van der Waals surface area contributed by atoms with E-state index in [4.69, 9.17) is 9.84 Å². The lowest BCUT2D eigenvalue weighted by Crippen LogP contribution is -2.57. The zero-order valence-electron chi connectivity index (χ0n) is 11.0. The summed E-state index contributed by atoms with van der Waals surface area (Å²) in [6.07, 6.45) is 0.965. The van der Waals surface area contributed by atoms with Crippen LogP contribution in [0.4, 0.5) is 4.79 Å². The molecule has 2 rings (SSSR count). The second kappa shape index (κ2) is 5.34. The Labute approximate surface area is 111 Å². The Balaban J connectivity index is 2.00. The number of hydrogen-bond acceptors (Lipinski definition) is 4. The predicted molar refractivity (Wildman–Crippen MR) is 65.7 cm³/mol. The quantitative estimate of drug-likeness (QED) is 0.645. The van der Waals surface area contributed by atoms with E-state index >= 15 is 0 Å². The molecule has 7 nitrogen and oxygen atoms in total. The maximum absolute atomic E-state index is 12.2. The molecule has 2 saturated heterocycles. The summed E-state index contributed by atoms with van der Waals surface area (Å²) in [5, 5.41) is 21.4. The van der Waals surface area contributed by atoms with Gasteiger partial charge in [0, 0.05) is 19.6 Å². The molecule has 3 atom stereocenters. The first-order chi connectivity index (χ1) is 8.91. The number of β-amino-alcohol motifs (C(OH)–C–C–N with tert-alkyl or cyclic N) is 1. The molecule has 2 amide bonds. The summed E-state index contributed by atoms with van der Waals surface area (Å²) in [6, 6.07) is -1.40. The molecule has 0 radical (unpaired) electrons. The smallest absolute Gasteiger partial charge is 0.326 e. The highest BCUT2D eigenvalue weighted by Gasteiger charge is 2.41. The standard InChI is InChI=1S/C12H20N2O5/c1-12(3-2-4-19-7-12)13-11(18)14-6-8(15)5-9(14)10(16)17/h8-9,15H,2-7H2,1H3,(H,13,18)(H,16,17)/t8-,9+,12?/m1/s1. The van der Waals surface area contributed by atoms with Gasteiger partial charge in [-0.2, -0.15) is 0 Å². The van der Waals surface area contributed by atoms with Gasteiger partial charge in [0.25, 0.3) is 0 Å². The van der Waals surface area contributed by atoms with Crippen molar-refractivity contribution in [3.8, 4) is 0 Å². The van der Waals surface area contributed by atoms with Crippen LogP contribution in [0.2, 0.25) is 0 Å². The SMILES string of the molecule is CC1(NC(=O)N2C[C@H](O)C[C@H]2C(=O)O)CCCOC1. The Bertz CT molecular complexity index is 367. The number of nitrogens with zero attached hydrogens (tertiary/aromatic N) is 1. The van der Waals surface area contributed by atoms with Crippen LogP contribution in [-0.4, -0.2) is 64.6 Å². The molecule has 0 aromatic heterocycles. The van der Waals surface area contributed by atoms with Crippen LogP contribution in [0.1, 0.15) is 26.2 Å². The molecule has 0 aromatic carbocycles. The molecule has 7 heteroatoms. The van der Waals surface area contributed by atoms with Crippen molar-refractivity contribution < 1.29 is 24.5 Å². The number of carbonyl (C=O) groups excluding carboxylic acids is 1. The van der Waals surface area contributed by atoms with E-state index in [0.717, 1.165) is 12.8 Å². The van der Waals surface area contributed by atoms with E-state index in [0.29, 0.717) is 13.2 Å². The number of urea groups is 1. The van der Waals surface area contributed by atoms with Gasteiger partial charge in [0.15, 0.2) is 0 Å². The Morgan fingerprint density at radius 2 is 2.21 bits per heavy atom. The van der Waals surface area contributed by atoms with Crippen LogP contribution in [0.3, 0.4) is 0 Å². The fraction of sp³-hybridized carbons (Fsp3) is 0.833. The average molecular weight is 272 g/mol. The van der Waals surface area contributed by atoms with E-state index in [9.17, 15) is 14.7 Å². The van der Waals surface area contributed by atoms with Gasteiger partial charge < -0.3 is 25.2 Å². The van der Waals surface area contributed by atoms with E-state index in [1.54, 1.807) is 0 Å². The van der Waals surface area contributed by atoms with Crippen LogP contribution < -0.4 is 5.32 Å². The third-order valence-corrected chi connectivity index (χ3v) is 3.67. The molecule has 2 aliphatic rings. The van der Waals surface area contributed by atoms with Crippen LogP contribution in [0, 0.1) is 0 Å². The third kappa shape index (κ3) is 3.16. The van der Waals surface area contributed by atoms with Crippen LogP contribution in [-0.2, 0) is 9.53 Å². The Kier molecular flexibility index (Phi) is 3.96. The van der Waals surface area contributed by atoms with E-state index in [1.807, 2.05) is 6.92 Å². The number of likely N-dealkylation sites (tertiary alicyclic amines) is 1. The lowest BCUT2D eigenvalue weighted by Gasteiger charge is -2.36. The maximum Gasteiger partial charge on any atom is 0.326 e. The van der Waals surface area contributed by atoms with Crippen molar-refractivity contribution in [1.82, 2.24) is 10.2 Å². The fourth-order valence-corrected chi connectivity index (χ4v) is 2.63. The molecule has 1 unspecified atom stereocenters. The summed E-state index contributed by atoms with van der Waals surface area (Å²) < 4.78 is 5.35. The molecule has 0 bridgehead atoms. The second-order valence-corrected chi connectivity index (χ2v) is 5.54. The minimum absolute atomic E-state index is 0.0553. The average Bonchev–Trinajstić information content (AvgIpc) is 2.72. The van der Waals surface area contributed by atoms with E-state index in [1.165, 1.54) is 4.90 Å². The topological polar surface area (TPSA) is 99.1 Å². The van der Waals surface area contributed by atoms with Crippen molar-refractivity contribution in [2.75, 3.05) is 19.8 Å². The lowest BCUT2D eigenvalue weighted by molar-refractivity contribution is -0.141. The molecule has 3 N–H and O–H groups in total. The number of amides is 2. The highest BCUT2D eigenvalue weighted by molar-refractivity contribution is 5.83. The summed E-state index contributed by atoms with van der Waals surface area (Å²) in [4.78, 5) is 24.4. The fourth-order valence-electron chi connectivity index (χ4n) is 2.63. The van der Waals surface area contributed by atoms with Gasteiger partial charge in [-0.25, -0.2) is 9.59 Å². The molecule has 0 aromatic rings. The molecule has 2 aliphatic heterocycles. The van der Waals surface area contributed by atoms with Crippen LogP contribution in [0.5, 0.6) is 0 Å². The van der Waals surface area contributed by atoms with E-state index in [2.05, 4.69) is 5.32 Å². The van der Waals surface area contributed by atoms with Gasteiger partial charge in [-0.15, -0.1) is 0 Å². The largest absolute Gasteiger partial charge is 0.480 e. The van der Waals surface area contributed by atoms with Crippen molar-refractivity contribution in [2.24, 2.45) is 0 Å². The van der Waals surface area contributed by atoms with Crippen LogP contribution >= 0.6 is 0 Å². The third-order valence-electron chi connectivity index (χ3n) is 3.67. The van der Waals surface area contributed by atoms with Crippen molar-refractivity contribution in [3.63, 3.8) is 0 Å². The number of nitrogens with one attached hydrogen (secondary N) is 1. The van der Waals surface area contributed by atoms with Crippen molar-refractivity contribution in [2.45, 2.75) is 43.9 Å². The monoisotopic (exact) mass is 272 g/mol. The molecule has 108 valence electrons. The first kappa shape index (κ1) is 14.1. The Morgan fingerprint density at radius 3 is 2.79 bits per heavy atom. The first-order valence-corrected chi connectivity index (χ1v) is 6.49. The Morgan fingerprint density at radius 1 is 1.47 bits per heavy atom. The number of aliphatic carboxylic acids is 1. The van der Waals surface area contributed by atoms with Crippen molar-refractivity contribution in [3.05, 3.63) is 0 Å². The second-order valence-electron chi connectivity index (χ2n) is 5.54. The zero-order chi connectivity index (χ0) is 14.0. The molecule has 0 aliphatic carbocycles. The summed E-state index contributed by atoms with van der Waals surface area (Å²) in [6.45, 7) is 3.05. The normalized spacial score (nSPS) is 35.2. The van der Waals surface area contributed by atoms with Gasteiger partial charge in [0.1, 0.15) is 6.04 Å². The lowest BCUT2D eigenvalue weighted by atomic mass is 9.95. The molecule has 2 heterocycles. The van der Waals surface area contributed by atoms with Crippen molar-refractivity contribution >= 4 is 12.0 Å². The Hall–Kier alpha value is -1.34.